The van der Waals surface area contributed by atoms with Crippen LogP contribution >= 0.6 is 0 Å². The van der Waals surface area contributed by atoms with Crippen LogP contribution in [0.3, 0.4) is 0 Å². The molecule has 0 saturated heterocycles. The molecular formula is C18H25N3O3. The normalized spacial score (nSPS) is 13.5. The SMILES string of the molecule is CN(C)Cc1cccc(CNC(=O)NCC(C)(O)c2ccco2)c1. The molecule has 2 amide bonds. The number of amides is 2. The largest absolute Gasteiger partial charge is 0.466 e. The molecule has 0 aliphatic carbocycles. The highest BCUT2D eigenvalue weighted by atomic mass is 16.4. The van der Waals surface area contributed by atoms with Crippen LogP contribution in [0.25, 0.3) is 0 Å². The van der Waals surface area contributed by atoms with Gasteiger partial charge in [0.2, 0.25) is 0 Å². The topological polar surface area (TPSA) is 77.7 Å². The van der Waals surface area contributed by atoms with E-state index in [-0.39, 0.29) is 12.6 Å². The van der Waals surface area contributed by atoms with Gasteiger partial charge in [0.1, 0.15) is 11.4 Å². The lowest BCUT2D eigenvalue weighted by Gasteiger charge is -2.21. The summed E-state index contributed by atoms with van der Waals surface area (Å²) in [7, 11) is 4.03. The van der Waals surface area contributed by atoms with Gasteiger partial charge in [-0.05, 0) is 44.3 Å². The fourth-order valence-corrected chi connectivity index (χ4v) is 2.37. The average Bonchev–Trinajstić information content (AvgIpc) is 3.06. The van der Waals surface area contributed by atoms with Gasteiger partial charge in [-0.3, -0.25) is 0 Å². The van der Waals surface area contributed by atoms with E-state index in [9.17, 15) is 9.90 Å². The maximum Gasteiger partial charge on any atom is 0.315 e. The van der Waals surface area contributed by atoms with Crippen molar-refractivity contribution in [2.75, 3.05) is 20.6 Å². The third-order valence-corrected chi connectivity index (χ3v) is 3.59. The Morgan fingerprint density at radius 2 is 1.96 bits per heavy atom. The molecule has 1 aromatic carbocycles. The molecule has 0 bridgehead atoms. The fraction of sp³-hybridized carbons (Fsp3) is 0.389. The molecule has 1 heterocycles. The van der Waals surface area contributed by atoms with E-state index in [1.807, 2.05) is 26.2 Å². The Labute approximate surface area is 142 Å². The number of aliphatic hydroxyl groups is 1. The molecule has 0 aliphatic rings. The predicted molar refractivity (Wildman–Crippen MR) is 92.4 cm³/mol. The van der Waals surface area contributed by atoms with E-state index in [4.69, 9.17) is 4.42 Å². The Morgan fingerprint density at radius 3 is 2.62 bits per heavy atom. The molecule has 2 rings (SSSR count). The highest BCUT2D eigenvalue weighted by molar-refractivity contribution is 5.73. The first-order valence-electron chi connectivity index (χ1n) is 7.87. The van der Waals surface area contributed by atoms with E-state index < -0.39 is 5.60 Å². The number of nitrogens with one attached hydrogen (secondary N) is 2. The second-order valence-electron chi connectivity index (χ2n) is 6.35. The number of rotatable bonds is 7. The summed E-state index contributed by atoms with van der Waals surface area (Å²) in [6, 6.07) is 11.1. The van der Waals surface area contributed by atoms with Gasteiger partial charge < -0.3 is 25.1 Å². The van der Waals surface area contributed by atoms with Crippen molar-refractivity contribution in [2.45, 2.75) is 25.6 Å². The highest BCUT2D eigenvalue weighted by Crippen LogP contribution is 2.19. The lowest BCUT2D eigenvalue weighted by atomic mass is 10.0. The molecular weight excluding hydrogens is 306 g/mol. The first-order chi connectivity index (χ1) is 11.4. The summed E-state index contributed by atoms with van der Waals surface area (Å²) in [6.07, 6.45) is 1.49. The Kier molecular flexibility index (Phi) is 6.00. The Bertz CT molecular complexity index is 651. The van der Waals surface area contributed by atoms with Crippen molar-refractivity contribution in [3.8, 4) is 0 Å². The number of hydrogen-bond donors (Lipinski definition) is 3. The van der Waals surface area contributed by atoms with Gasteiger partial charge in [0.15, 0.2) is 0 Å². The lowest BCUT2D eigenvalue weighted by molar-refractivity contribution is 0.0367. The standard InChI is InChI=1S/C18H25N3O3/c1-18(23,16-8-5-9-24-16)13-20-17(22)19-11-14-6-4-7-15(10-14)12-21(2)3/h4-10,23H,11-13H2,1-3H3,(H2,19,20,22). The number of nitrogens with zero attached hydrogens (tertiary/aromatic N) is 1. The lowest BCUT2D eigenvalue weighted by Crippen LogP contribution is -2.43. The van der Waals surface area contributed by atoms with Crippen molar-refractivity contribution in [3.05, 3.63) is 59.5 Å². The summed E-state index contributed by atoms with van der Waals surface area (Å²) in [5.41, 5.74) is 0.981. The average molecular weight is 331 g/mol. The van der Waals surface area contributed by atoms with Crippen LogP contribution < -0.4 is 10.6 Å². The Balaban J connectivity index is 1.81. The second-order valence-corrected chi connectivity index (χ2v) is 6.35. The molecule has 1 atom stereocenters. The van der Waals surface area contributed by atoms with E-state index in [1.165, 1.54) is 11.8 Å². The molecule has 0 fully saturated rings. The molecule has 130 valence electrons. The summed E-state index contributed by atoms with van der Waals surface area (Å²) in [6.45, 7) is 2.94. The minimum Gasteiger partial charge on any atom is -0.466 e. The van der Waals surface area contributed by atoms with Crippen LogP contribution in [0.5, 0.6) is 0 Å². The van der Waals surface area contributed by atoms with E-state index in [2.05, 4.69) is 27.7 Å². The Hall–Kier alpha value is -2.31. The van der Waals surface area contributed by atoms with Gasteiger partial charge in [0, 0.05) is 13.1 Å². The van der Waals surface area contributed by atoms with Gasteiger partial charge in [-0.15, -0.1) is 0 Å². The van der Waals surface area contributed by atoms with Gasteiger partial charge in [-0.25, -0.2) is 4.79 Å². The molecule has 24 heavy (non-hydrogen) atoms. The fourth-order valence-electron chi connectivity index (χ4n) is 2.37. The summed E-state index contributed by atoms with van der Waals surface area (Å²) in [5, 5.41) is 15.7. The van der Waals surface area contributed by atoms with Gasteiger partial charge in [0.05, 0.1) is 12.8 Å². The van der Waals surface area contributed by atoms with Crippen molar-refractivity contribution in [1.82, 2.24) is 15.5 Å². The van der Waals surface area contributed by atoms with Crippen LogP contribution in [0.4, 0.5) is 4.79 Å². The monoisotopic (exact) mass is 331 g/mol. The molecule has 6 nitrogen and oxygen atoms in total. The number of urea groups is 1. The van der Waals surface area contributed by atoms with Crippen molar-refractivity contribution in [1.29, 1.82) is 0 Å². The first-order valence-corrected chi connectivity index (χ1v) is 7.87. The van der Waals surface area contributed by atoms with Crippen molar-refractivity contribution in [3.63, 3.8) is 0 Å². The van der Waals surface area contributed by atoms with Gasteiger partial charge in [-0.1, -0.05) is 24.3 Å². The zero-order valence-corrected chi connectivity index (χ0v) is 14.4. The van der Waals surface area contributed by atoms with Crippen molar-refractivity contribution < 1.29 is 14.3 Å². The summed E-state index contributed by atoms with van der Waals surface area (Å²) in [5.74, 6) is 0.416. The third-order valence-electron chi connectivity index (χ3n) is 3.59. The predicted octanol–water partition coefficient (Wildman–Crippen LogP) is 2.05. The maximum absolute atomic E-state index is 11.9. The van der Waals surface area contributed by atoms with Gasteiger partial charge >= 0.3 is 6.03 Å². The third kappa shape index (κ3) is 5.40. The Morgan fingerprint density at radius 1 is 1.21 bits per heavy atom. The molecule has 0 radical (unpaired) electrons. The molecule has 6 heteroatoms. The van der Waals surface area contributed by atoms with Crippen LogP contribution in [0, 0.1) is 0 Å². The molecule has 1 unspecified atom stereocenters. The zero-order valence-electron chi connectivity index (χ0n) is 14.4. The maximum atomic E-state index is 11.9. The minimum atomic E-state index is -1.24. The number of carbonyl (C=O) groups excluding carboxylic acids is 1. The summed E-state index contributed by atoms with van der Waals surface area (Å²) in [4.78, 5) is 14.0. The smallest absolute Gasteiger partial charge is 0.315 e. The first kappa shape index (κ1) is 18.0. The van der Waals surface area contributed by atoms with E-state index in [1.54, 1.807) is 19.1 Å². The minimum absolute atomic E-state index is 0.0625. The molecule has 3 N–H and O–H groups in total. The van der Waals surface area contributed by atoms with E-state index in [0.717, 1.165) is 12.1 Å². The second kappa shape index (κ2) is 7.99. The molecule has 0 spiro atoms. The number of hydrogen-bond acceptors (Lipinski definition) is 4. The quantitative estimate of drug-likeness (QED) is 0.726. The number of furan rings is 1. The van der Waals surface area contributed by atoms with Crippen LogP contribution in [0.1, 0.15) is 23.8 Å². The highest BCUT2D eigenvalue weighted by Gasteiger charge is 2.26. The molecule has 2 aromatic rings. The summed E-state index contributed by atoms with van der Waals surface area (Å²) >= 11 is 0. The van der Waals surface area contributed by atoms with Gasteiger partial charge in [0.25, 0.3) is 0 Å². The van der Waals surface area contributed by atoms with E-state index >= 15 is 0 Å². The van der Waals surface area contributed by atoms with Crippen LogP contribution in [-0.4, -0.2) is 36.7 Å². The van der Waals surface area contributed by atoms with Crippen molar-refractivity contribution >= 4 is 6.03 Å². The van der Waals surface area contributed by atoms with Gasteiger partial charge in [-0.2, -0.15) is 0 Å². The van der Waals surface area contributed by atoms with Crippen LogP contribution in [-0.2, 0) is 18.7 Å². The van der Waals surface area contributed by atoms with E-state index in [0.29, 0.717) is 12.3 Å². The van der Waals surface area contributed by atoms with Crippen LogP contribution in [0.15, 0.2) is 47.1 Å². The zero-order chi connectivity index (χ0) is 17.6. The van der Waals surface area contributed by atoms with Crippen LogP contribution in [0.2, 0.25) is 0 Å². The molecule has 0 saturated carbocycles. The summed E-state index contributed by atoms with van der Waals surface area (Å²) < 4.78 is 5.18. The molecule has 0 aliphatic heterocycles. The molecule has 1 aromatic heterocycles. The number of benzene rings is 1. The number of carbonyl (C=O) groups is 1. The van der Waals surface area contributed by atoms with Crippen molar-refractivity contribution in [2.24, 2.45) is 0 Å².